The van der Waals surface area contributed by atoms with E-state index in [1.807, 2.05) is 0 Å². The molecule has 2 saturated heterocycles. The van der Waals surface area contributed by atoms with Crippen LogP contribution in [0.25, 0.3) is 27.9 Å². The monoisotopic (exact) mass is 505 g/mol. The molecule has 4 aromatic rings. The Hall–Kier alpha value is -3.52. The maximum atomic E-state index is 14.6. The van der Waals surface area contributed by atoms with Crippen LogP contribution in [0.4, 0.5) is 29.3 Å². The summed E-state index contributed by atoms with van der Waals surface area (Å²) in [4.78, 5) is 15.0. The first kappa shape index (κ1) is 22.9. The van der Waals surface area contributed by atoms with Crippen LogP contribution in [-0.2, 0) is 11.3 Å². The van der Waals surface area contributed by atoms with Gasteiger partial charge in [-0.2, -0.15) is 18.2 Å². The Morgan fingerprint density at radius 1 is 1.14 bits per heavy atom. The van der Waals surface area contributed by atoms with Crippen molar-refractivity contribution in [1.82, 2.24) is 34.0 Å². The van der Waals surface area contributed by atoms with Gasteiger partial charge < -0.3 is 20.4 Å². The normalized spacial score (nSPS) is 21.5. The first-order chi connectivity index (χ1) is 17.2. The highest BCUT2D eigenvalue weighted by molar-refractivity contribution is 5.88. The average Bonchev–Trinajstić information content (AvgIpc) is 3.42. The van der Waals surface area contributed by atoms with Gasteiger partial charge in [-0.3, -0.25) is 4.90 Å². The summed E-state index contributed by atoms with van der Waals surface area (Å²) in [5.41, 5.74) is 8.15. The van der Waals surface area contributed by atoms with Crippen molar-refractivity contribution in [1.29, 1.82) is 0 Å². The van der Waals surface area contributed by atoms with Gasteiger partial charge in [0.05, 0.1) is 31.0 Å². The van der Waals surface area contributed by atoms with Crippen molar-refractivity contribution in [3.8, 4) is 11.3 Å². The quantitative estimate of drug-likeness (QED) is 0.398. The third kappa shape index (κ3) is 3.99. The van der Waals surface area contributed by atoms with Crippen LogP contribution in [-0.4, -0.2) is 84.8 Å². The molecule has 0 aromatic carbocycles. The Bertz CT molecular complexity index is 1450. The lowest BCUT2D eigenvalue weighted by atomic mass is 10.2. The molecule has 0 spiro atoms. The van der Waals surface area contributed by atoms with Gasteiger partial charge in [-0.25, -0.2) is 18.9 Å². The Labute approximate surface area is 202 Å². The number of nitrogens with two attached hydrogens (primary N) is 1. The number of anilines is 2. The van der Waals surface area contributed by atoms with Gasteiger partial charge in [0.25, 0.3) is 0 Å². The fourth-order valence-electron chi connectivity index (χ4n) is 4.78. The lowest BCUT2D eigenvalue weighted by Gasteiger charge is -2.34. The zero-order valence-corrected chi connectivity index (χ0v) is 19.2. The smallest absolute Gasteiger partial charge is 0.382 e. The van der Waals surface area contributed by atoms with E-state index >= 15 is 0 Å². The number of rotatable bonds is 5. The molecule has 6 heterocycles. The number of hydrogen-bond donors (Lipinski definition) is 2. The largest absolute Gasteiger partial charge is 0.406 e. The molecular formula is C22H23F4N9O. The van der Waals surface area contributed by atoms with Crippen molar-refractivity contribution < 1.29 is 22.3 Å². The van der Waals surface area contributed by atoms with Gasteiger partial charge in [-0.05, 0) is 25.1 Å². The molecule has 10 nitrogen and oxygen atoms in total. The summed E-state index contributed by atoms with van der Waals surface area (Å²) < 4.78 is 61.7. The van der Waals surface area contributed by atoms with Crippen LogP contribution in [0.3, 0.4) is 0 Å². The Kier molecular flexibility index (Phi) is 5.26. The van der Waals surface area contributed by atoms with E-state index in [4.69, 9.17) is 10.5 Å². The number of fused-ring (bicyclic) bond motifs is 2. The van der Waals surface area contributed by atoms with Gasteiger partial charge in [0.1, 0.15) is 29.6 Å². The van der Waals surface area contributed by atoms with Crippen LogP contribution in [0.15, 0.2) is 24.4 Å². The molecule has 0 unspecified atom stereocenters. The highest BCUT2D eigenvalue weighted by atomic mass is 19.4. The Balaban J connectivity index is 1.31. The molecular weight excluding hydrogens is 482 g/mol. The van der Waals surface area contributed by atoms with Crippen molar-refractivity contribution >= 4 is 28.4 Å². The fourth-order valence-corrected chi connectivity index (χ4v) is 4.78. The van der Waals surface area contributed by atoms with E-state index in [9.17, 15) is 17.6 Å². The second kappa shape index (κ2) is 8.27. The summed E-state index contributed by atoms with van der Waals surface area (Å²) in [5, 5.41) is 7.47. The Morgan fingerprint density at radius 3 is 2.67 bits per heavy atom. The molecule has 2 fully saturated rings. The first-order valence-electron chi connectivity index (χ1n) is 11.4. The maximum Gasteiger partial charge on any atom is 0.406 e. The van der Waals surface area contributed by atoms with E-state index in [1.165, 1.54) is 11.4 Å². The van der Waals surface area contributed by atoms with Crippen LogP contribution in [0, 0.1) is 6.92 Å². The van der Waals surface area contributed by atoms with E-state index in [0.29, 0.717) is 48.6 Å². The third-order valence-corrected chi connectivity index (χ3v) is 6.66. The van der Waals surface area contributed by atoms with Gasteiger partial charge in [-0.1, -0.05) is 0 Å². The van der Waals surface area contributed by atoms with Crippen LogP contribution in [0.5, 0.6) is 0 Å². The first-order valence-corrected chi connectivity index (χ1v) is 11.4. The van der Waals surface area contributed by atoms with E-state index in [0.717, 1.165) is 4.57 Å². The van der Waals surface area contributed by atoms with Crippen molar-refractivity contribution in [2.75, 3.05) is 37.4 Å². The molecule has 2 atom stereocenters. The third-order valence-electron chi connectivity index (χ3n) is 6.66. The van der Waals surface area contributed by atoms with Gasteiger partial charge in [0, 0.05) is 24.8 Å². The summed E-state index contributed by atoms with van der Waals surface area (Å²) in [6.07, 6.45) is -3.86. The minimum atomic E-state index is -4.42. The molecule has 0 amide bonds. The van der Waals surface area contributed by atoms with E-state index in [1.54, 1.807) is 24.4 Å². The van der Waals surface area contributed by atoms with Gasteiger partial charge in [0.15, 0.2) is 11.5 Å². The van der Waals surface area contributed by atoms with Gasteiger partial charge >= 0.3 is 6.18 Å². The molecule has 0 saturated carbocycles. The van der Waals surface area contributed by atoms with Crippen molar-refractivity contribution in [3.05, 3.63) is 30.2 Å². The molecule has 4 aromatic heterocycles. The van der Waals surface area contributed by atoms with Crippen LogP contribution >= 0.6 is 0 Å². The van der Waals surface area contributed by atoms with Crippen LogP contribution < -0.4 is 11.1 Å². The predicted molar refractivity (Wildman–Crippen MR) is 123 cm³/mol. The minimum Gasteiger partial charge on any atom is -0.382 e. The molecule has 6 rings (SSSR count). The van der Waals surface area contributed by atoms with Crippen molar-refractivity contribution in [3.63, 3.8) is 0 Å². The molecule has 0 bridgehead atoms. The summed E-state index contributed by atoms with van der Waals surface area (Å²) >= 11 is 0. The zero-order valence-electron chi connectivity index (χ0n) is 19.2. The molecule has 36 heavy (non-hydrogen) atoms. The number of likely N-dealkylation sites (tertiary alicyclic amines) is 1. The van der Waals surface area contributed by atoms with E-state index < -0.39 is 24.9 Å². The van der Waals surface area contributed by atoms with Gasteiger partial charge in [0.2, 0.25) is 5.95 Å². The second-order valence-electron chi connectivity index (χ2n) is 9.15. The number of hydrogen-bond acceptors (Lipinski definition) is 8. The fraction of sp³-hybridized carbons (Fsp3) is 0.455. The number of ether oxygens (including phenoxy) is 1. The number of halogens is 4. The lowest BCUT2D eigenvalue weighted by molar-refractivity contribution is -0.140. The van der Waals surface area contributed by atoms with Crippen LogP contribution in [0.2, 0.25) is 0 Å². The van der Waals surface area contributed by atoms with E-state index in [2.05, 4.69) is 30.3 Å². The topological polar surface area (TPSA) is 111 Å². The molecule has 0 radical (unpaired) electrons. The standard InChI is InChI=1S/C22H23F4N9O/c1-11-28-16-3-2-15(29-20(16)34(11)10-22(24,25)26)13-4-5-35-18(13)19(27)31-21(32-35)30-17-7-33(6-14(17)23)12-8-36-9-12/h2-5,12,14,17H,6-10H2,1H3,(H3,27,30,31,32)/t14-,17+/m0/s1. The number of aryl methyl sites for hydroxylation is 1. The molecule has 2 aliphatic rings. The maximum absolute atomic E-state index is 14.6. The number of aromatic nitrogens is 6. The summed E-state index contributed by atoms with van der Waals surface area (Å²) in [5.74, 6) is 0.532. The number of nitrogen functional groups attached to an aromatic ring is 1. The number of nitrogens with one attached hydrogen (secondary N) is 1. The summed E-state index contributed by atoms with van der Waals surface area (Å²) in [6, 6.07) is 4.74. The number of alkyl halides is 4. The van der Waals surface area contributed by atoms with E-state index in [-0.39, 0.29) is 29.3 Å². The number of nitrogens with zero attached hydrogens (tertiary/aromatic N) is 7. The highest BCUT2D eigenvalue weighted by Gasteiger charge is 2.39. The zero-order chi connectivity index (χ0) is 25.2. The molecule has 0 aliphatic carbocycles. The highest BCUT2D eigenvalue weighted by Crippen LogP contribution is 2.31. The van der Waals surface area contributed by atoms with Crippen molar-refractivity contribution in [2.24, 2.45) is 0 Å². The lowest BCUT2D eigenvalue weighted by Crippen LogP contribution is -2.48. The van der Waals surface area contributed by atoms with Gasteiger partial charge in [-0.15, -0.1) is 5.10 Å². The number of imidazole rings is 1. The number of pyridine rings is 1. The van der Waals surface area contributed by atoms with Crippen LogP contribution in [0.1, 0.15) is 5.82 Å². The summed E-state index contributed by atoms with van der Waals surface area (Å²) in [7, 11) is 0. The Morgan fingerprint density at radius 2 is 1.94 bits per heavy atom. The average molecular weight is 505 g/mol. The second-order valence-corrected chi connectivity index (χ2v) is 9.15. The molecule has 2 aliphatic heterocycles. The summed E-state index contributed by atoms with van der Waals surface area (Å²) in [6.45, 7) is 2.35. The van der Waals surface area contributed by atoms with Crippen molar-refractivity contribution in [2.45, 2.75) is 37.9 Å². The molecule has 3 N–H and O–H groups in total. The predicted octanol–water partition coefficient (Wildman–Crippen LogP) is 2.43. The minimum absolute atomic E-state index is 0.121. The molecule has 14 heteroatoms. The SMILES string of the molecule is Cc1nc2ccc(-c3ccn4nc(N[C@@H]5CN(C6COC6)C[C@@H]5F)nc(N)c34)nc2n1CC(F)(F)F. The molecule has 190 valence electrons.